The van der Waals surface area contributed by atoms with Crippen LogP contribution in [0.1, 0.15) is 48.4 Å². The number of nitrogens with one attached hydrogen (secondary N) is 1. The summed E-state index contributed by atoms with van der Waals surface area (Å²) in [6, 6.07) is 13.2. The van der Waals surface area contributed by atoms with Crippen molar-refractivity contribution < 1.29 is 14.4 Å². The highest BCUT2D eigenvalue weighted by molar-refractivity contribution is 6.30. The van der Waals surface area contributed by atoms with Crippen LogP contribution in [-0.4, -0.2) is 52.3 Å². The molecule has 0 radical (unpaired) electrons. The average Bonchev–Trinajstić information content (AvgIpc) is 3.56. The summed E-state index contributed by atoms with van der Waals surface area (Å²) in [7, 11) is 0. The second-order valence-corrected chi connectivity index (χ2v) is 10.2. The molecule has 0 aromatic heterocycles. The van der Waals surface area contributed by atoms with Gasteiger partial charge < -0.3 is 10.2 Å². The zero-order valence-electron chi connectivity index (χ0n) is 20.1. The fourth-order valence-corrected chi connectivity index (χ4v) is 4.71. The number of halogens is 1. The molecule has 180 valence electrons. The molecule has 2 fully saturated rings. The van der Waals surface area contributed by atoms with Crippen LogP contribution in [-0.2, 0) is 22.4 Å². The molecule has 1 heterocycles. The van der Waals surface area contributed by atoms with Crippen LogP contribution in [0.3, 0.4) is 0 Å². The second-order valence-electron chi connectivity index (χ2n) is 9.80. The molecule has 1 unspecified atom stereocenters. The van der Waals surface area contributed by atoms with Crippen LogP contribution in [0.25, 0.3) is 0 Å². The van der Waals surface area contributed by atoms with Crippen molar-refractivity contribution in [1.82, 2.24) is 15.1 Å². The van der Waals surface area contributed by atoms with E-state index in [0.717, 1.165) is 35.1 Å². The molecule has 1 saturated heterocycles. The van der Waals surface area contributed by atoms with Gasteiger partial charge in [0.15, 0.2) is 0 Å². The van der Waals surface area contributed by atoms with Crippen molar-refractivity contribution in [1.29, 1.82) is 0 Å². The molecule has 4 rings (SSSR count). The van der Waals surface area contributed by atoms with E-state index in [2.05, 4.69) is 11.4 Å². The van der Waals surface area contributed by atoms with Crippen LogP contribution in [0.5, 0.6) is 0 Å². The number of hydrogen-bond acceptors (Lipinski definition) is 3. The van der Waals surface area contributed by atoms with Crippen LogP contribution < -0.4 is 5.32 Å². The number of hydrogen-bond donors (Lipinski definition) is 1. The van der Waals surface area contributed by atoms with Gasteiger partial charge in [0.1, 0.15) is 5.54 Å². The van der Waals surface area contributed by atoms with Crippen molar-refractivity contribution in [2.75, 3.05) is 13.1 Å². The van der Waals surface area contributed by atoms with Gasteiger partial charge in [-0.05, 0) is 69.7 Å². The molecule has 34 heavy (non-hydrogen) atoms. The summed E-state index contributed by atoms with van der Waals surface area (Å²) in [5.74, 6) is -0.410. The first-order chi connectivity index (χ1) is 16.2. The fourth-order valence-electron chi connectivity index (χ4n) is 4.58. The molecule has 0 bridgehead atoms. The first-order valence-corrected chi connectivity index (χ1v) is 12.3. The zero-order valence-corrected chi connectivity index (χ0v) is 20.8. The van der Waals surface area contributed by atoms with Crippen molar-refractivity contribution in [3.8, 4) is 0 Å². The molecule has 1 saturated carbocycles. The van der Waals surface area contributed by atoms with Crippen LogP contribution in [0.2, 0.25) is 5.02 Å². The number of rotatable bonds is 7. The number of carbonyl (C=O) groups is 3. The van der Waals surface area contributed by atoms with Gasteiger partial charge in [-0.15, -0.1) is 0 Å². The minimum Gasteiger partial charge on any atom is -0.335 e. The van der Waals surface area contributed by atoms with Gasteiger partial charge in [0.25, 0.3) is 5.91 Å². The van der Waals surface area contributed by atoms with E-state index in [1.165, 1.54) is 4.90 Å². The van der Waals surface area contributed by atoms with Gasteiger partial charge in [-0.2, -0.15) is 0 Å². The van der Waals surface area contributed by atoms with Crippen molar-refractivity contribution >= 4 is 29.4 Å². The molecule has 4 amide bonds. The maximum absolute atomic E-state index is 13.7. The Kier molecular flexibility index (Phi) is 6.99. The van der Waals surface area contributed by atoms with E-state index in [1.54, 1.807) is 24.0 Å². The summed E-state index contributed by atoms with van der Waals surface area (Å²) in [6.45, 7) is 6.55. The van der Waals surface area contributed by atoms with Crippen LogP contribution in [0, 0.1) is 13.8 Å². The van der Waals surface area contributed by atoms with E-state index in [-0.39, 0.29) is 36.9 Å². The van der Waals surface area contributed by atoms with Crippen molar-refractivity contribution in [3.05, 3.63) is 69.7 Å². The minimum atomic E-state index is -1.02. The third-order valence-electron chi connectivity index (χ3n) is 6.75. The second kappa shape index (κ2) is 9.79. The zero-order chi connectivity index (χ0) is 24.5. The number of benzene rings is 2. The van der Waals surface area contributed by atoms with Crippen LogP contribution in [0.15, 0.2) is 42.5 Å². The number of amides is 4. The Bertz CT molecular complexity index is 1080. The number of likely N-dealkylation sites (tertiary alicyclic amines) is 1. The Morgan fingerprint density at radius 2 is 1.71 bits per heavy atom. The lowest BCUT2D eigenvalue weighted by molar-refractivity contribution is -0.161. The monoisotopic (exact) mass is 481 g/mol. The highest BCUT2D eigenvalue weighted by Crippen LogP contribution is 2.33. The molecule has 2 aromatic rings. The Morgan fingerprint density at radius 1 is 1.06 bits per heavy atom. The number of nitrogens with zero attached hydrogens (tertiary/aromatic N) is 2. The molecule has 1 aliphatic carbocycles. The maximum atomic E-state index is 13.7. The Balaban J connectivity index is 1.48. The van der Waals surface area contributed by atoms with Crippen LogP contribution in [0.4, 0.5) is 4.79 Å². The summed E-state index contributed by atoms with van der Waals surface area (Å²) in [5, 5.41) is 3.58. The molecule has 2 aliphatic rings. The normalized spacial score (nSPS) is 19.4. The van der Waals surface area contributed by atoms with Gasteiger partial charge in [-0.1, -0.05) is 53.1 Å². The molecular formula is C27H32ClN3O3. The first-order valence-electron chi connectivity index (χ1n) is 11.9. The van der Waals surface area contributed by atoms with Gasteiger partial charge in [0.05, 0.1) is 6.42 Å². The highest BCUT2D eigenvalue weighted by Gasteiger charge is 2.52. The van der Waals surface area contributed by atoms with Gasteiger partial charge in [-0.25, -0.2) is 4.79 Å². The number of urea groups is 1. The highest BCUT2D eigenvalue weighted by atomic mass is 35.5. The van der Waals surface area contributed by atoms with Gasteiger partial charge in [0, 0.05) is 24.2 Å². The van der Waals surface area contributed by atoms with Gasteiger partial charge in [0.2, 0.25) is 5.91 Å². The van der Waals surface area contributed by atoms with Crippen molar-refractivity contribution in [2.45, 2.75) is 64.5 Å². The van der Waals surface area contributed by atoms with E-state index in [4.69, 9.17) is 11.6 Å². The fraction of sp³-hybridized carbons (Fsp3) is 0.444. The molecular weight excluding hydrogens is 450 g/mol. The topological polar surface area (TPSA) is 69.7 Å². The standard InChI is InChI=1S/C27H32ClN3O3/c1-18-14-19(2)16-21(15-18)17-24(32)31-13-11-27(31,3)25(33)30(26(34)29-23-8-9-23)12-10-20-4-6-22(28)7-5-20/h4-7,14-16,23H,8-13,17H2,1-3H3,(H,29,34). The van der Waals surface area contributed by atoms with Gasteiger partial charge in [-0.3, -0.25) is 14.5 Å². The predicted molar refractivity (Wildman–Crippen MR) is 133 cm³/mol. The summed E-state index contributed by atoms with van der Waals surface area (Å²) in [6.07, 6.45) is 3.17. The van der Waals surface area contributed by atoms with Crippen LogP contribution >= 0.6 is 11.6 Å². The summed E-state index contributed by atoms with van der Waals surface area (Å²) < 4.78 is 0. The van der Waals surface area contributed by atoms with E-state index in [1.807, 2.05) is 38.1 Å². The Hall–Kier alpha value is -2.86. The van der Waals surface area contributed by atoms with Crippen molar-refractivity contribution in [3.63, 3.8) is 0 Å². The lowest BCUT2D eigenvalue weighted by Crippen LogP contribution is -2.69. The Morgan fingerprint density at radius 3 is 2.26 bits per heavy atom. The Labute approximate surface area is 206 Å². The largest absolute Gasteiger partial charge is 0.335 e. The van der Waals surface area contributed by atoms with E-state index in [0.29, 0.717) is 24.4 Å². The quantitative estimate of drug-likeness (QED) is 0.635. The minimum absolute atomic E-state index is 0.0904. The average molecular weight is 482 g/mol. The lowest BCUT2D eigenvalue weighted by atomic mass is 9.84. The first kappa shape index (κ1) is 24.3. The van der Waals surface area contributed by atoms with E-state index in [9.17, 15) is 14.4 Å². The third-order valence-corrected chi connectivity index (χ3v) is 7.00. The molecule has 0 spiro atoms. The molecule has 6 nitrogen and oxygen atoms in total. The van der Waals surface area contributed by atoms with E-state index >= 15 is 0 Å². The van der Waals surface area contributed by atoms with E-state index < -0.39 is 5.54 Å². The SMILES string of the molecule is Cc1cc(C)cc(CC(=O)N2CCC2(C)C(=O)N(CCc2ccc(Cl)cc2)C(=O)NC2CC2)c1. The predicted octanol–water partition coefficient (Wildman–Crippen LogP) is 4.43. The lowest BCUT2D eigenvalue weighted by Gasteiger charge is -2.50. The summed E-state index contributed by atoms with van der Waals surface area (Å²) in [5.41, 5.74) is 3.13. The van der Waals surface area contributed by atoms with Crippen molar-refractivity contribution in [2.24, 2.45) is 0 Å². The molecule has 2 aromatic carbocycles. The molecule has 1 aliphatic heterocycles. The number of imide groups is 1. The van der Waals surface area contributed by atoms with Gasteiger partial charge >= 0.3 is 6.03 Å². The number of carbonyl (C=O) groups excluding carboxylic acids is 3. The number of aryl methyl sites for hydroxylation is 2. The summed E-state index contributed by atoms with van der Waals surface area (Å²) in [4.78, 5) is 42.8. The summed E-state index contributed by atoms with van der Waals surface area (Å²) >= 11 is 5.98. The molecule has 7 heteroatoms. The maximum Gasteiger partial charge on any atom is 0.324 e. The molecule has 1 atom stereocenters. The smallest absolute Gasteiger partial charge is 0.324 e. The molecule has 1 N–H and O–H groups in total. The third kappa shape index (κ3) is 5.44.